The lowest BCUT2D eigenvalue weighted by Crippen LogP contribution is -2.30. The van der Waals surface area contributed by atoms with Crippen molar-refractivity contribution in [2.45, 2.75) is 361 Å². The number of carbonyl (C=O) groups excluding carboxylic acids is 3. The normalized spacial score (nSPS) is 12.4. The number of rotatable bonds is 62. The molecule has 0 amide bonds. The number of allylic oxidation sites excluding steroid dienone is 10. The van der Waals surface area contributed by atoms with E-state index in [2.05, 4.69) is 81.5 Å². The number of esters is 3. The zero-order valence-electron chi connectivity index (χ0n) is 51.5. The molecular formula is C71H128O6. The second kappa shape index (κ2) is 65.6. The van der Waals surface area contributed by atoms with E-state index < -0.39 is 6.10 Å². The van der Waals surface area contributed by atoms with Crippen LogP contribution in [-0.4, -0.2) is 37.2 Å². The van der Waals surface area contributed by atoms with Crippen LogP contribution in [0.25, 0.3) is 0 Å². The Labute approximate surface area is 479 Å². The van der Waals surface area contributed by atoms with E-state index >= 15 is 0 Å². The maximum atomic E-state index is 12.8. The summed E-state index contributed by atoms with van der Waals surface area (Å²) >= 11 is 0. The van der Waals surface area contributed by atoms with E-state index in [4.69, 9.17) is 14.2 Å². The Morgan fingerprint density at radius 2 is 0.506 bits per heavy atom. The van der Waals surface area contributed by atoms with Gasteiger partial charge >= 0.3 is 17.9 Å². The second-order valence-corrected chi connectivity index (χ2v) is 22.7. The first-order chi connectivity index (χ1) is 38.0. The fourth-order valence-corrected chi connectivity index (χ4v) is 9.85. The molecule has 448 valence electrons. The maximum Gasteiger partial charge on any atom is 0.306 e. The third-order valence-electron chi connectivity index (χ3n) is 14.9. The van der Waals surface area contributed by atoms with Gasteiger partial charge in [-0.05, 0) is 96.3 Å². The van der Waals surface area contributed by atoms with Gasteiger partial charge in [0.25, 0.3) is 0 Å². The summed E-state index contributed by atoms with van der Waals surface area (Å²) < 4.78 is 16.9. The standard InChI is InChI=1S/C71H128O6/c1-4-7-10-13-16-19-22-24-26-27-28-29-30-31-32-33-34-35-36-37-38-39-40-41-42-43-44-45-46-48-49-52-55-58-61-64-70(73)76-67-68(66-75-69(72)63-60-57-54-51-21-18-15-12-9-6-3)77-71(74)65-62-59-56-53-50-47-25-23-20-17-14-11-8-5-2/h12,14-15,17,22-25,27-28,68H,4-11,13,16,18-21,26,29-67H2,1-3H3/b15-12-,17-14-,24-22-,25-23-,28-27-. The number of hydrogen-bond acceptors (Lipinski definition) is 6. The SMILES string of the molecule is CCC/C=C\CCCCCCCC(=O)OCC(COC(=O)CCCCCCCCCCCCCCCCCCCCCCCCC/C=C\C/C=C\CCCCCCC)OC(=O)CCCCCCC/C=C\C/C=C\CCCC. The van der Waals surface area contributed by atoms with Crippen LogP contribution in [-0.2, 0) is 28.6 Å². The fourth-order valence-electron chi connectivity index (χ4n) is 9.85. The minimum atomic E-state index is -0.782. The van der Waals surface area contributed by atoms with E-state index in [0.29, 0.717) is 19.3 Å². The summed E-state index contributed by atoms with van der Waals surface area (Å²) in [6.07, 6.45) is 84.2. The van der Waals surface area contributed by atoms with Crippen molar-refractivity contribution in [2.75, 3.05) is 13.2 Å². The van der Waals surface area contributed by atoms with E-state index in [9.17, 15) is 14.4 Å². The van der Waals surface area contributed by atoms with E-state index in [1.165, 1.54) is 212 Å². The predicted octanol–water partition coefficient (Wildman–Crippen LogP) is 23.1. The molecule has 77 heavy (non-hydrogen) atoms. The van der Waals surface area contributed by atoms with Crippen molar-refractivity contribution in [1.29, 1.82) is 0 Å². The van der Waals surface area contributed by atoms with Gasteiger partial charge < -0.3 is 14.2 Å². The molecule has 6 nitrogen and oxygen atoms in total. The summed E-state index contributed by atoms with van der Waals surface area (Å²) in [5.41, 5.74) is 0. The Hall–Kier alpha value is -2.89. The maximum absolute atomic E-state index is 12.8. The Balaban J connectivity index is 4.00. The third kappa shape index (κ3) is 63.8. The minimum absolute atomic E-state index is 0.0792. The highest BCUT2D eigenvalue weighted by molar-refractivity contribution is 5.71. The van der Waals surface area contributed by atoms with Crippen LogP contribution in [0.2, 0.25) is 0 Å². The Morgan fingerprint density at radius 1 is 0.260 bits per heavy atom. The van der Waals surface area contributed by atoms with Crippen molar-refractivity contribution in [1.82, 2.24) is 0 Å². The summed E-state index contributed by atoms with van der Waals surface area (Å²) in [5.74, 6) is -0.889. The van der Waals surface area contributed by atoms with Gasteiger partial charge in [0.2, 0.25) is 0 Å². The molecule has 0 heterocycles. The molecular weight excluding hydrogens is 949 g/mol. The van der Waals surface area contributed by atoms with Crippen molar-refractivity contribution in [2.24, 2.45) is 0 Å². The first kappa shape index (κ1) is 74.1. The van der Waals surface area contributed by atoms with Crippen molar-refractivity contribution in [3.63, 3.8) is 0 Å². The average molecular weight is 1080 g/mol. The smallest absolute Gasteiger partial charge is 0.306 e. The Kier molecular flexibility index (Phi) is 63.2. The number of carbonyl (C=O) groups is 3. The molecule has 0 bridgehead atoms. The summed E-state index contributed by atoms with van der Waals surface area (Å²) in [4.78, 5) is 38.1. The summed E-state index contributed by atoms with van der Waals surface area (Å²) in [5, 5.41) is 0. The molecule has 0 aliphatic carbocycles. The van der Waals surface area contributed by atoms with Crippen LogP contribution in [0.1, 0.15) is 355 Å². The van der Waals surface area contributed by atoms with Gasteiger partial charge in [-0.1, -0.05) is 300 Å². The molecule has 0 aliphatic heterocycles. The highest BCUT2D eigenvalue weighted by Crippen LogP contribution is 2.18. The molecule has 0 aromatic rings. The van der Waals surface area contributed by atoms with E-state index in [1.807, 2.05) is 0 Å². The molecule has 0 aliphatic rings. The molecule has 6 heteroatoms. The summed E-state index contributed by atoms with van der Waals surface area (Å²) in [7, 11) is 0. The monoisotopic (exact) mass is 1080 g/mol. The topological polar surface area (TPSA) is 78.9 Å². The van der Waals surface area contributed by atoms with Crippen molar-refractivity contribution in [3.8, 4) is 0 Å². The highest BCUT2D eigenvalue weighted by atomic mass is 16.6. The number of ether oxygens (including phenoxy) is 3. The van der Waals surface area contributed by atoms with Gasteiger partial charge in [0.15, 0.2) is 6.10 Å². The van der Waals surface area contributed by atoms with E-state index in [-0.39, 0.29) is 31.1 Å². The van der Waals surface area contributed by atoms with Gasteiger partial charge in [-0.2, -0.15) is 0 Å². The lowest BCUT2D eigenvalue weighted by molar-refractivity contribution is -0.167. The molecule has 0 N–H and O–H groups in total. The average Bonchev–Trinajstić information content (AvgIpc) is 3.43. The van der Waals surface area contributed by atoms with Crippen LogP contribution in [0.4, 0.5) is 0 Å². The van der Waals surface area contributed by atoms with Crippen molar-refractivity contribution >= 4 is 17.9 Å². The first-order valence-electron chi connectivity index (χ1n) is 33.8. The first-order valence-corrected chi connectivity index (χ1v) is 33.8. The molecule has 0 spiro atoms. The van der Waals surface area contributed by atoms with Gasteiger partial charge in [0.05, 0.1) is 0 Å². The van der Waals surface area contributed by atoms with Crippen LogP contribution in [0.15, 0.2) is 60.8 Å². The molecule has 0 aromatic heterocycles. The van der Waals surface area contributed by atoms with Crippen LogP contribution in [0.3, 0.4) is 0 Å². The third-order valence-corrected chi connectivity index (χ3v) is 14.9. The van der Waals surface area contributed by atoms with Gasteiger partial charge in [0, 0.05) is 19.3 Å². The number of unbranched alkanes of at least 4 members (excludes halogenated alkanes) is 41. The van der Waals surface area contributed by atoms with Crippen LogP contribution < -0.4 is 0 Å². The highest BCUT2D eigenvalue weighted by Gasteiger charge is 2.19. The molecule has 0 radical (unpaired) electrons. The molecule has 0 fully saturated rings. The lowest BCUT2D eigenvalue weighted by atomic mass is 10.0. The molecule has 0 saturated heterocycles. The van der Waals surface area contributed by atoms with Gasteiger partial charge in [0.1, 0.15) is 13.2 Å². The quantitative estimate of drug-likeness (QED) is 0.0261. The molecule has 1 atom stereocenters. The molecule has 1 unspecified atom stereocenters. The molecule has 0 rings (SSSR count). The van der Waals surface area contributed by atoms with Gasteiger partial charge in [-0.15, -0.1) is 0 Å². The molecule has 0 aromatic carbocycles. The molecule has 0 saturated carbocycles. The minimum Gasteiger partial charge on any atom is -0.462 e. The predicted molar refractivity (Wildman–Crippen MR) is 335 cm³/mol. The largest absolute Gasteiger partial charge is 0.462 e. The van der Waals surface area contributed by atoms with Crippen LogP contribution in [0.5, 0.6) is 0 Å². The van der Waals surface area contributed by atoms with Crippen LogP contribution >= 0.6 is 0 Å². The van der Waals surface area contributed by atoms with Gasteiger partial charge in [-0.3, -0.25) is 14.4 Å². The Morgan fingerprint density at radius 3 is 0.818 bits per heavy atom. The van der Waals surface area contributed by atoms with E-state index in [0.717, 1.165) is 103 Å². The zero-order valence-corrected chi connectivity index (χ0v) is 51.5. The van der Waals surface area contributed by atoms with Crippen molar-refractivity contribution in [3.05, 3.63) is 60.8 Å². The van der Waals surface area contributed by atoms with E-state index in [1.54, 1.807) is 0 Å². The van der Waals surface area contributed by atoms with Crippen LogP contribution in [0, 0.1) is 0 Å². The summed E-state index contributed by atoms with van der Waals surface area (Å²) in [6.45, 7) is 6.54. The fraction of sp³-hybridized carbons (Fsp3) is 0.817. The summed E-state index contributed by atoms with van der Waals surface area (Å²) in [6, 6.07) is 0. The lowest BCUT2D eigenvalue weighted by Gasteiger charge is -2.18. The van der Waals surface area contributed by atoms with Crippen molar-refractivity contribution < 1.29 is 28.6 Å². The Bertz CT molecular complexity index is 1380. The number of hydrogen-bond donors (Lipinski definition) is 0. The zero-order chi connectivity index (χ0) is 55.7. The second-order valence-electron chi connectivity index (χ2n) is 22.7. The van der Waals surface area contributed by atoms with Gasteiger partial charge in [-0.25, -0.2) is 0 Å².